The number of likely N-dealkylation sites (N-methyl/N-ethyl adjacent to an activating group) is 1. The van der Waals surface area contributed by atoms with E-state index in [1.54, 1.807) is 7.05 Å². The van der Waals surface area contributed by atoms with E-state index in [0.717, 1.165) is 12.1 Å². The van der Waals surface area contributed by atoms with Crippen LogP contribution in [0.2, 0.25) is 0 Å². The number of aliphatic hydroxyl groups excluding tert-OH is 1. The maximum atomic E-state index is 9.75. The van der Waals surface area contributed by atoms with Gasteiger partial charge in [-0.2, -0.15) is 0 Å². The second-order valence-electron chi connectivity index (χ2n) is 4.23. The topological polar surface area (TPSA) is 58.3 Å². The lowest BCUT2D eigenvalue weighted by Crippen LogP contribution is -2.16. The molecular weight excluding hydrogens is 192 g/mol. The fourth-order valence-electron chi connectivity index (χ4n) is 1.50. The molecule has 0 saturated heterocycles. The molecule has 1 heterocycles. The minimum atomic E-state index is -0.608. The summed E-state index contributed by atoms with van der Waals surface area (Å²) in [6, 6.07) is 0. The van der Waals surface area contributed by atoms with Crippen LogP contribution in [0, 0.1) is 12.8 Å². The van der Waals surface area contributed by atoms with Crippen LogP contribution in [0.4, 0.5) is 0 Å². The fourth-order valence-corrected chi connectivity index (χ4v) is 1.50. The molecule has 2 N–H and O–H groups in total. The Morgan fingerprint density at radius 3 is 2.67 bits per heavy atom. The zero-order chi connectivity index (χ0) is 11.4. The highest BCUT2D eigenvalue weighted by atomic mass is 16.4. The van der Waals surface area contributed by atoms with Crippen LogP contribution in [0.1, 0.15) is 37.3 Å². The number of hydrogen-bond acceptors (Lipinski definition) is 4. The molecule has 1 aromatic rings. The van der Waals surface area contributed by atoms with Gasteiger partial charge in [0, 0.05) is 13.0 Å². The Hall–Kier alpha value is -0.870. The summed E-state index contributed by atoms with van der Waals surface area (Å²) in [6.07, 6.45) is 0.205. The van der Waals surface area contributed by atoms with E-state index in [1.165, 1.54) is 0 Å². The first-order chi connectivity index (χ1) is 7.04. The fraction of sp³-hybridized carbons (Fsp3) is 0.727. The molecule has 15 heavy (non-hydrogen) atoms. The third-order valence-electron chi connectivity index (χ3n) is 2.16. The lowest BCUT2D eigenvalue weighted by atomic mass is 10.1. The third kappa shape index (κ3) is 3.32. The number of aryl methyl sites for hydroxylation is 1. The summed E-state index contributed by atoms with van der Waals surface area (Å²) in [5, 5.41) is 12.7. The lowest BCUT2D eigenvalue weighted by molar-refractivity contribution is 0.146. The van der Waals surface area contributed by atoms with Gasteiger partial charge in [0.2, 0.25) is 0 Å². The summed E-state index contributed by atoms with van der Waals surface area (Å²) in [7, 11) is 1.80. The summed E-state index contributed by atoms with van der Waals surface area (Å²) in [6.45, 7) is 6.57. The first kappa shape index (κ1) is 12.2. The molecule has 0 fully saturated rings. The molecule has 0 radical (unpaired) electrons. The Morgan fingerprint density at radius 1 is 1.47 bits per heavy atom. The number of oxazole rings is 1. The van der Waals surface area contributed by atoms with Crippen molar-refractivity contribution in [2.24, 2.45) is 5.92 Å². The van der Waals surface area contributed by atoms with Crippen molar-refractivity contribution in [1.82, 2.24) is 10.3 Å². The molecule has 0 saturated carbocycles. The Kier molecular flexibility index (Phi) is 4.29. The van der Waals surface area contributed by atoms with Crippen molar-refractivity contribution < 1.29 is 9.52 Å². The average Bonchev–Trinajstić information content (AvgIpc) is 2.46. The van der Waals surface area contributed by atoms with E-state index < -0.39 is 6.10 Å². The van der Waals surface area contributed by atoms with Gasteiger partial charge in [-0.1, -0.05) is 13.8 Å². The molecule has 1 unspecified atom stereocenters. The zero-order valence-electron chi connectivity index (χ0n) is 9.87. The minimum Gasteiger partial charge on any atom is -0.443 e. The normalized spacial score (nSPS) is 13.5. The molecule has 0 bridgehead atoms. The van der Waals surface area contributed by atoms with Crippen molar-refractivity contribution >= 4 is 0 Å². The highest BCUT2D eigenvalue weighted by Crippen LogP contribution is 2.19. The number of nitrogens with one attached hydrogen (secondary N) is 1. The molecule has 1 rings (SSSR count). The van der Waals surface area contributed by atoms with Crippen LogP contribution >= 0.6 is 0 Å². The molecule has 4 heteroatoms. The van der Waals surface area contributed by atoms with Gasteiger partial charge in [0.15, 0.2) is 11.7 Å². The maximum Gasteiger partial charge on any atom is 0.195 e. The van der Waals surface area contributed by atoms with E-state index in [-0.39, 0.29) is 0 Å². The van der Waals surface area contributed by atoms with Crippen LogP contribution in [0.5, 0.6) is 0 Å². The SMILES string of the molecule is CNCC(O)c1oc(CC(C)C)nc1C. The second kappa shape index (κ2) is 5.28. The van der Waals surface area contributed by atoms with Gasteiger partial charge in [0.1, 0.15) is 6.10 Å². The smallest absolute Gasteiger partial charge is 0.195 e. The van der Waals surface area contributed by atoms with Crippen LogP contribution in [0.25, 0.3) is 0 Å². The van der Waals surface area contributed by atoms with E-state index in [1.807, 2.05) is 6.92 Å². The van der Waals surface area contributed by atoms with Crippen LogP contribution < -0.4 is 5.32 Å². The van der Waals surface area contributed by atoms with Crippen LogP contribution in [0.3, 0.4) is 0 Å². The van der Waals surface area contributed by atoms with Crippen molar-refractivity contribution in [3.05, 3.63) is 17.3 Å². The number of rotatable bonds is 5. The third-order valence-corrected chi connectivity index (χ3v) is 2.16. The van der Waals surface area contributed by atoms with Gasteiger partial charge in [-0.25, -0.2) is 4.98 Å². The van der Waals surface area contributed by atoms with Gasteiger partial charge < -0.3 is 14.8 Å². The van der Waals surface area contributed by atoms with Gasteiger partial charge in [0.05, 0.1) is 5.69 Å². The first-order valence-electron chi connectivity index (χ1n) is 5.33. The number of hydrogen-bond donors (Lipinski definition) is 2. The largest absolute Gasteiger partial charge is 0.443 e. The quantitative estimate of drug-likeness (QED) is 0.775. The number of nitrogens with zero attached hydrogens (tertiary/aromatic N) is 1. The van der Waals surface area contributed by atoms with E-state index in [0.29, 0.717) is 24.1 Å². The molecule has 0 amide bonds. The summed E-state index contributed by atoms with van der Waals surface area (Å²) >= 11 is 0. The Morgan fingerprint density at radius 2 is 2.13 bits per heavy atom. The molecule has 0 spiro atoms. The predicted molar refractivity (Wildman–Crippen MR) is 58.7 cm³/mol. The minimum absolute atomic E-state index is 0.483. The summed E-state index contributed by atoms with van der Waals surface area (Å²) < 4.78 is 5.54. The average molecular weight is 212 g/mol. The first-order valence-corrected chi connectivity index (χ1v) is 5.33. The van der Waals surface area contributed by atoms with Gasteiger partial charge in [-0.15, -0.1) is 0 Å². The molecule has 0 aliphatic carbocycles. The summed E-state index contributed by atoms with van der Waals surface area (Å²) in [5.41, 5.74) is 0.786. The van der Waals surface area contributed by atoms with Gasteiger partial charge in [-0.05, 0) is 19.9 Å². The summed E-state index contributed by atoms with van der Waals surface area (Å²) in [4.78, 5) is 4.30. The molecule has 1 atom stereocenters. The van der Waals surface area contributed by atoms with Crippen molar-refractivity contribution in [3.8, 4) is 0 Å². The Balaban J connectivity index is 2.76. The van der Waals surface area contributed by atoms with E-state index in [2.05, 4.69) is 24.1 Å². The zero-order valence-corrected chi connectivity index (χ0v) is 9.87. The number of aromatic nitrogens is 1. The Labute approximate surface area is 90.7 Å². The van der Waals surface area contributed by atoms with Gasteiger partial charge in [0.25, 0.3) is 0 Å². The van der Waals surface area contributed by atoms with Crippen molar-refractivity contribution in [3.63, 3.8) is 0 Å². The standard InChI is InChI=1S/C11H20N2O2/c1-7(2)5-10-13-8(3)11(15-10)9(14)6-12-4/h7,9,12,14H,5-6H2,1-4H3. The van der Waals surface area contributed by atoms with Gasteiger partial charge in [-0.3, -0.25) is 0 Å². The van der Waals surface area contributed by atoms with Crippen molar-refractivity contribution in [2.45, 2.75) is 33.3 Å². The van der Waals surface area contributed by atoms with E-state index in [4.69, 9.17) is 4.42 Å². The summed E-state index contributed by atoms with van der Waals surface area (Å²) in [5.74, 6) is 1.81. The molecular formula is C11H20N2O2. The van der Waals surface area contributed by atoms with E-state index in [9.17, 15) is 5.11 Å². The van der Waals surface area contributed by atoms with Crippen LogP contribution in [-0.4, -0.2) is 23.7 Å². The number of aliphatic hydroxyl groups is 1. The Bertz CT molecular complexity index is 308. The van der Waals surface area contributed by atoms with Crippen LogP contribution in [0.15, 0.2) is 4.42 Å². The maximum absolute atomic E-state index is 9.75. The molecule has 0 aliphatic rings. The highest BCUT2D eigenvalue weighted by molar-refractivity contribution is 5.11. The molecule has 0 aromatic carbocycles. The highest BCUT2D eigenvalue weighted by Gasteiger charge is 2.17. The predicted octanol–water partition coefficient (Wildman–Crippen LogP) is 1.43. The second-order valence-corrected chi connectivity index (χ2v) is 4.23. The van der Waals surface area contributed by atoms with Gasteiger partial charge >= 0.3 is 0 Å². The molecule has 86 valence electrons. The van der Waals surface area contributed by atoms with Crippen LogP contribution in [-0.2, 0) is 6.42 Å². The monoisotopic (exact) mass is 212 g/mol. The van der Waals surface area contributed by atoms with Crippen molar-refractivity contribution in [1.29, 1.82) is 0 Å². The lowest BCUT2D eigenvalue weighted by Gasteiger charge is -2.06. The molecule has 4 nitrogen and oxygen atoms in total. The molecule has 1 aromatic heterocycles. The van der Waals surface area contributed by atoms with Crippen molar-refractivity contribution in [2.75, 3.05) is 13.6 Å². The molecule has 0 aliphatic heterocycles. The van der Waals surface area contributed by atoms with E-state index >= 15 is 0 Å².